The van der Waals surface area contributed by atoms with E-state index in [0.717, 1.165) is 0 Å². The fourth-order valence-corrected chi connectivity index (χ4v) is 3.34. The van der Waals surface area contributed by atoms with Crippen molar-refractivity contribution in [3.63, 3.8) is 0 Å². The Hall–Kier alpha value is -2.51. The molecule has 8 heteroatoms. The highest BCUT2D eigenvalue weighted by molar-refractivity contribution is 7.99. The Kier molecular flexibility index (Phi) is 5.80. The summed E-state index contributed by atoms with van der Waals surface area (Å²) in [7, 11) is 0. The van der Waals surface area contributed by atoms with E-state index in [0.29, 0.717) is 33.4 Å². The highest BCUT2D eigenvalue weighted by atomic mass is 35.5. The molecule has 0 aliphatic carbocycles. The van der Waals surface area contributed by atoms with Crippen LogP contribution >= 0.6 is 23.4 Å². The van der Waals surface area contributed by atoms with Gasteiger partial charge in [0, 0.05) is 11.6 Å². The zero-order valence-electron chi connectivity index (χ0n) is 13.8. The predicted octanol–water partition coefficient (Wildman–Crippen LogP) is 3.09. The smallest absolute Gasteiger partial charge is 0.262 e. The van der Waals surface area contributed by atoms with E-state index >= 15 is 0 Å². The fraction of sp³-hybridized carbons (Fsp3) is 0.167. The largest absolute Gasteiger partial charge is 0.467 e. The molecule has 26 heavy (non-hydrogen) atoms. The Morgan fingerprint density at radius 2 is 2.27 bits per heavy atom. The summed E-state index contributed by atoms with van der Waals surface area (Å²) in [5.74, 6) is 0.588. The van der Waals surface area contributed by atoms with Crippen LogP contribution < -0.4 is 10.9 Å². The summed E-state index contributed by atoms with van der Waals surface area (Å²) in [6.45, 7) is 4.18. The van der Waals surface area contributed by atoms with Gasteiger partial charge in [0.15, 0.2) is 5.16 Å². The number of rotatable bonds is 7. The number of furan rings is 1. The van der Waals surface area contributed by atoms with Crippen molar-refractivity contribution in [1.29, 1.82) is 0 Å². The Morgan fingerprint density at radius 3 is 3.00 bits per heavy atom. The van der Waals surface area contributed by atoms with Crippen molar-refractivity contribution in [3.8, 4) is 0 Å². The van der Waals surface area contributed by atoms with Crippen LogP contribution in [-0.2, 0) is 11.3 Å². The van der Waals surface area contributed by atoms with Crippen LogP contribution in [0, 0.1) is 0 Å². The molecule has 0 unspecified atom stereocenters. The predicted molar refractivity (Wildman–Crippen MR) is 103 cm³/mol. The van der Waals surface area contributed by atoms with Gasteiger partial charge in [-0.05, 0) is 30.3 Å². The molecule has 3 rings (SSSR count). The van der Waals surface area contributed by atoms with Gasteiger partial charge in [-0.15, -0.1) is 6.58 Å². The normalized spacial score (nSPS) is 10.8. The molecule has 0 spiro atoms. The Balaban J connectivity index is 1.98. The van der Waals surface area contributed by atoms with Crippen molar-refractivity contribution in [2.45, 2.75) is 11.7 Å². The maximum Gasteiger partial charge on any atom is 0.262 e. The Bertz CT molecular complexity index is 999. The number of hydrogen-bond acceptors (Lipinski definition) is 5. The second kappa shape index (κ2) is 8.25. The van der Waals surface area contributed by atoms with Gasteiger partial charge in [0.1, 0.15) is 5.76 Å². The van der Waals surface area contributed by atoms with Crippen LogP contribution in [0.1, 0.15) is 5.76 Å². The SMILES string of the molecule is C=CCNC(=O)CSc1nc2cc(Cl)ccc2c(=O)n1Cc1ccco1. The third-order valence-corrected chi connectivity index (χ3v) is 4.76. The molecule has 0 radical (unpaired) electrons. The van der Waals surface area contributed by atoms with Gasteiger partial charge >= 0.3 is 0 Å². The zero-order valence-corrected chi connectivity index (χ0v) is 15.3. The van der Waals surface area contributed by atoms with Gasteiger partial charge in [0.25, 0.3) is 5.56 Å². The van der Waals surface area contributed by atoms with Crippen molar-refractivity contribution < 1.29 is 9.21 Å². The highest BCUT2D eigenvalue weighted by Crippen LogP contribution is 2.21. The topological polar surface area (TPSA) is 77.1 Å². The van der Waals surface area contributed by atoms with E-state index in [-0.39, 0.29) is 23.8 Å². The van der Waals surface area contributed by atoms with E-state index < -0.39 is 0 Å². The first-order valence-electron chi connectivity index (χ1n) is 7.81. The van der Waals surface area contributed by atoms with E-state index in [2.05, 4.69) is 16.9 Å². The molecule has 0 saturated heterocycles. The first-order chi connectivity index (χ1) is 12.6. The average molecular weight is 390 g/mol. The molecule has 0 fully saturated rings. The third-order valence-electron chi connectivity index (χ3n) is 3.55. The molecule has 2 heterocycles. The molecule has 134 valence electrons. The van der Waals surface area contributed by atoms with Crippen LogP contribution in [0.25, 0.3) is 10.9 Å². The monoisotopic (exact) mass is 389 g/mol. The number of aromatic nitrogens is 2. The summed E-state index contributed by atoms with van der Waals surface area (Å²) in [5, 5.41) is 4.07. The molecule has 1 aromatic carbocycles. The summed E-state index contributed by atoms with van der Waals surface area (Å²) >= 11 is 7.20. The van der Waals surface area contributed by atoms with Crippen LogP contribution in [0.4, 0.5) is 0 Å². The van der Waals surface area contributed by atoms with Gasteiger partial charge < -0.3 is 9.73 Å². The molecular weight excluding hydrogens is 374 g/mol. The summed E-state index contributed by atoms with van der Waals surface area (Å²) in [6, 6.07) is 8.47. The highest BCUT2D eigenvalue weighted by Gasteiger charge is 2.15. The quantitative estimate of drug-likeness (QED) is 0.381. The summed E-state index contributed by atoms with van der Waals surface area (Å²) < 4.78 is 6.85. The summed E-state index contributed by atoms with van der Waals surface area (Å²) in [6.07, 6.45) is 3.15. The minimum atomic E-state index is -0.211. The first-order valence-corrected chi connectivity index (χ1v) is 9.17. The van der Waals surface area contributed by atoms with E-state index in [1.807, 2.05) is 0 Å². The molecule has 0 atom stereocenters. The number of carbonyl (C=O) groups excluding carboxylic acids is 1. The summed E-state index contributed by atoms with van der Waals surface area (Å²) in [5.41, 5.74) is 0.282. The summed E-state index contributed by atoms with van der Waals surface area (Å²) in [4.78, 5) is 29.3. The van der Waals surface area contributed by atoms with Crippen molar-refractivity contribution in [2.75, 3.05) is 12.3 Å². The van der Waals surface area contributed by atoms with Gasteiger partial charge in [0.05, 0.1) is 29.5 Å². The zero-order chi connectivity index (χ0) is 18.5. The lowest BCUT2D eigenvalue weighted by Gasteiger charge is -2.12. The first kappa shape index (κ1) is 18.3. The molecule has 2 aromatic heterocycles. The number of nitrogens with zero attached hydrogens (tertiary/aromatic N) is 2. The van der Waals surface area contributed by atoms with Crippen molar-refractivity contribution in [3.05, 3.63) is 70.4 Å². The lowest BCUT2D eigenvalue weighted by molar-refractivity contribution is -0.118. The number of nitrogens with one attached hydrogen (secondary N) is 1. The minimum Gasteiger partial charge on any atom is -0.467 e. The number of hydrogen-bond donors (Lipinski definition) is 1. The molecule has 0 saturated carbocycles. The van der Waals surface area contributed by atoms with Crippen LogP contribution in [0.2, 0.25) is 5.02 Å². The fourth-order valence-electron chi connectivity index (χ4n) is 2.35. The third kappa shape index (κ3) is 4.17. The molecule has 6 nitrogen and oxygen atoms in total. The lowest BCUT2D eigenvalue weighted by Crippen LogP contribution is -2.27. The van der Waals surface area contributed by atoms with E-state index in [9.17, 15) is 9.59 Å². The van der Waals surface area contributed by atoms with Crippen LogP contribution in [0.3, 0.4) is 0 Å². The number of benzene rings is 1. The van der Waals surface area contributed by atoms with Crippen LogP contribution in [-0.4, -0.2) is 27.8 Å². The average Bonchev–Trinajstić information content (AvgIpc) is 3.13. The maximum absolute atomic E-state index is 12.9. The second-order valence-electron chi connectivity index (χ2n) is 5.41. The molecule has 0 bridgehead atoms. The number of fused-ring (bicyclic) bond motifs is 1. The van der Waals surface area contributed by atoms with Crippen LogP contribution in [0.15, 0.2) is 63.6 Å². The van der Waals surface area contributed by atoms with Gasteiger partial charge in [-0.2, -0.15) is 0 Å². The number of amides is 1. The lowest BCUT2D eigenvalue weighted by atomic mass is 10.2. The van der Waals surface area contributed by atoms with Gasteiger partial charge in [0.2, 0.25) is 5.91 Å². The number of carbonyl (C=O) groups is 1. The maximum atomic E-state index is 12.9. The number of halogens is 1. The Morgan fingerprint density at radius 1 is 1.42 bits per heavy atom. The van der Waals surface area contributed by atoms with Crippen molar-refractivity contribution in [2.24, 2.45) is 0 Å². The van der Waals surface area contributed by atoms with Gasteiger partial charge in [-0.3, -0.25) is 14.2 Å². The van der Waals surface area contributed by atoms with Crippen LogP contribution in [0.5, 0.6) is 0 Å². The number of thioether (sulfide) groups is 1. The van der Waals surface area contributed by atoms with Crippen molar-refractivity contribution in [1.82, 2.24) is 14.9 Å². The van der Waals surface area contributed by atoms with E-state index in [1.165, 1.54) is 16.3 Å². The minimum absolute atomic E-state index is 0.129. The van der Waals surface area contributed by atoms with Gasteiger partial charge in [-0.1, -0.05) is 29.4 Å². The van der Waals surface area contributed by atoms with E-state index in [1.54, 1.807) is 42.7 Å². The standard InChI is InChI=1S/C18H16ClN3O3S/c1-2-7-20-16(23)11-26-18-21-15-9-12(19)5-6-14(15)17(24)22(18)10-13-4-3-8-25-13/h2-6,8-9H,1,7,10-11H2,(H,20,23). The molecule has 1 N–H and O–H groups in total. The second-order valence-corrected chi connectivity index (χ2v) is 6.79. The van der Waals surface area contributed by atoms with Gasteiger partial charge in [-0.25, -0.2) is 4.98 Å². The molecule has 3 aromatic rings. The van der Waals surface area contributed by atoms with E-state index in [4.69, 9.17) is 16.0 Å². The molecule has 1 amide bonds. The molecule has 0 aliphatic heterocycles. The Labute approximate surface area is 158 Å². The molecular formula is C18H16ClN3O3S. The van der Waals surface area contributed by atoms with Crippen molar-refractivity contribution >= 4 is 40.2 Å². The molecule has 0 aliphatic rings.